The van der Waals surface area contributed by atoms with E-state index in [0.29, 0.717) is 6.54 Å². The fourth-order valence-corrected chi connectivity index (χ4v) is 0.842. The third kappa shape index (κ3) is 1.18. The molecule has 1 heterocycles. The van der Waals surface area contributed by atoms with Gasteiger partial charge in [-0.3, -0.25) is 5.73 Å². The van der Waals surface area contributed by atoms with E-state index < -0.39 is 6.10 Å². The average Bonchev–Trinajstić information content (AvgIpc) is 1.77. The highest BCUT2D eigenvalue weighted by Gasteiger charge is 2.18. The van der Waals surface area contributed by atoms with Crippen molar-refractivity contribution < 1.29 is 5.11 Å². The maximum Gasteiger partial charge on any atom is 0.0831 e. The molecule has 0 aromatic carbocycles. The smallest absolute Gasteiger partial charge is 0.0831 e. The van der Waals surface area contributed by atoms with E-state index in [4.69, 9.17) is 10.8 Å². The molecule has 0 amide bonds. The van der Waals surface area contributed by atoms with Crippen molar-refractivity contribution in [3.63, 3.8) is 0 Å². The van der Waals surface area contributed by atoms with Crippen molar-refractivity contribution in [2.45, 2.75) is 18.6 Å². The molecular weight excluding hydrogens is 104 g/mol. The number of aliphatic hydroxyl groups excluding tert-OH is 1. The third-order valence-electron chi connectivity index (χ3n) is 1.45. The predicted molar refractivity (Wildman–Crippen MR) is 30.4 cm³/mol. The van der Waals surface area contributed by atoms with Gasteiger partial charge < -0.3 is 10.4 Å². The minimum Gasteiger partial charge on any atom is -0.390 e. The van der Waals surface area contributed by atoms with Crippen LogP contribution >= 0.6 is 0 Å². The number of rotatable bonds is 0. The van der Waals surface area contributed by atoms with E-state index in [2.05, 4.69) is 5.32 Å². The lowest BCUT2D eigenvalue weighted by molar-refractivity contribution is 0.117. The predicted octanol–water partition coefficient (Wildman–Crippen LogP) is -1.01. The molecule has 2 atom stereocenters. The summed E-state index contributed by atoms with van der Waals surface area (Å²) in [6, 6.07) is -0.253. The van der Waals surface area contributed by atoms with E-state index >= 15 is 0 Å². The molecule has 47 valence electrons. The van der Waals surface area contributed by atoms with Gasteiger partial charge in [0.25, 0.3) is 0 Å². The van der Waals surface area contributed by atoms with E-state index in [0.717, 1.165) is 13.0 Å². The van der Waals surface area contributed by atoms with Gasteiger partial charge in [0.15, 0.2) is 0 Å². The lowest BCUT2D eigenvalue weighted by atomic mass is 10.1. The SMILES string of the molecule is [NH]C1CCNCC1O. The first-order chi connectivity index (χ1) is 3.80. The molecule has 0 saturated carbocycles. The summed E-state index contributed by atoms with van der Waals surface area (Å²) in [5.74, 6) is 0. The monoisotopic (exact) mass is 115 g/mol. The molecule has 1 aliphatic rings. The maximum atomic E-state index is 8.93. The molecule has 3 heteroatoms. The number of hydrogen-bond donors (Lipinski definition) is 2. The Kier molecular flexibility index (Phi) is 1.83. The summed E-state index contributed by atoms with van der Waals surface area (Å²) in [5, 5.41) is 11.9. The molecule has 0 aromatic heterocycles. The number of hydrogen-bond acceptors (Lipinski definition) is 2. The van der Waals surface area contributed by atoms with Gasteiger partial charge in [-0.15, -0.1) is 0 Å². The number of piperidine rings is 1. The van der Waals surface area contributed by atoms with Crippen LogP contribution in [0.25, 0.3) is 0 Å². The highest BCUT2D eigenvalue weighted by molar-refractivity contribution is 4.78. The first-order valence-electron chi connectivity index (χ1n) is 2.90. The van der Waals surface area contributed by atoms with Gasteiger partial charge in [-0.25, -0.2) is 0 Å². The number of nitrogens with one attached hydrogen (secondary N) is 2. The van der Waals surface area contributed by atoms with Crippen molar-refractivity contribution >= 4 is 0 Å². The zero-order valence-electron chi connectivity index (χ0n) is 4.72. The van der Waals surface area contributed by atoms with Crippen LogP contribution in [0.1, 0.15) is 6.42 Å². The van der Waals surface area contributed by atoms with Crippen molar-refractivity contribution in [1.82, 2.24) is 11.1 Å². The first kappa shape index (κ1) is 6.01. The van der Waals surface area contributed by atoms with Gasteiger partial charge in [-0.05, 0) is 13.0 Å². The van der Waals surface area contributed by atoms with Gasteiger partial charge in [-0.2, -0.15) is 0 Å². The van der Waals surface area contributed by atoms with Gasteiger partial charge in [0.2, 0.25) is 0 Å². The summed E-state index contributed by atoms with van der Waals surface area (Å²) in [5.41, 5.74) is 7.19. The molecule has 1 rings (SSSR count). The minimum atomic E-state index is -0.441. The number of aliphatic hydroxyl groups is 1. The highest BCUT2D eigenvalue weighted by atomic mass is 16.3. The lowest BCUT2D eigenvalue weighted by Gasteiger charge is -2.23. The van der Waals surface area contributed by atoms with Gasteiger partial charge in [0.05, 0.1) is 6.10 Å². The molecule has 1 radical (unpaired) electrons. The Bertz CT molecular complexity index is 66.8. The highest BCUT2D eigenvalue weighted by Crippen LogP contribution is 2.00. The fraction of sp³-hybridized carbons (Fsp3) is 1.00. The molecule has 0 aromatic rings. The standard InChI is InChI=1S/C5H11N2O/c6-4-1-2-7-3-5(4)8/h4-8H,1-3H2. The molecule has 2 unspecified atom stereocenters. The third-order valence-corrected chi connectivity index (χ3v) is 1.45. The average molecular weight is 115 g/mol. The molecule has 0 bridgehead atoms. The topological polar surface area (TPSA) is 56.1 Å². The Morgan fingerprint density at radius 3 is 2.75 bits per heavy atom. The molecule has 0 aliphatic carbocycles. The Hall–Kier alpha value is -0.120. The van der Waals surface area contributed by atoms with Crippen molar-refractivity contribution in [1.29, 1.82) is 0 Å². The second-order valence-electron chi connectivity index (χ2n) is 2.17. The molecule has 3 N–H and O–H groups in total. The molecule has 1 saturated heterocycles. The van der Waals surface area contributed by atoms with Gasteiger partial charge in [0.1, 0.15) is 0 Å². The Balaban J connectivity index is 2.28. The second-order valence-corrected chi connectivity index (χ2v) is 2.17. The molecule has 8 heavy (non-hydrogen) atoms. The van der Waals surface area contributed by atoms with Crippen LogP contribution in [0.5, 0.6) is 0 Å². The first-order valence-corrected chi connectivity index (χ1v) is 2.90. The molecule has 1 aliphatic heterocycles. The van der Waals surface area contributed by atoms with Crippen LogP contribution in [-0.2, 0) is 0 Å². The molecule has 1 fully saturated rings. The van der Waals surface area contributed by atoms with Crippen molar-refractivity contribution in [2.75, 3.05) is 13.1 Å². The Morgan fingerprint density at radius 2 is 2.38 bits per heavy atom. The van der Waals surface area contributed by atoms with E-state index in [1.165, 1.54) is 0 Å². The van der Waals surface area contributed by atoms with Gasteiger partial charge in [-0.1, -0.05) is 0 Å². The normalized spacial score (nSPS) is 39.8. The summed E-state index contributed by atoms with van der Waals surface area (Å²) in [7, 11) is 0. The summed E-state index contributed by atoms with van der Waals surface area (Å²) < 4.78 is 0. The van der Waals surface area contributed by atoms with Crippen molar-refractivity contribution in [3.05, 3.63) is 0 Å². The van der Waals surface area contributed by atoms with Crippen LogP contribution in [0.4, 0.5) is 0 Å². The van der Waals surface area contributed by atoms with E-state index in [1.807, 2.05) is 0 Å². The summed E-state index contributed by atoms with van der Waals surface area (Å²) in [6.07, 6.45) is 0.338. The minimum absolute atomic E-state index is 0.253. The number of β-amino-alcohol motifs (C(OH)–C–C–N with tert-alkyl or cyclic N) is 1. The largest absolute Gasteiger partial charge is 0.390 e. The van der Waals surface area contributed by atoms with Gasteiger partial charge in [0, 0.05) is 12.6 Å². The van der Waals surface area contributed by atoms with E-state index in [-0.39, 0.29) is 6.04 Å². The Labute approximate surface area is 48.9 Å². The van der Waals surface area contributed by atoms with Crippen LogP contribution in [-0.4, -0.2) is 30.3 Å². The zero-order chi connectivity index (χ0) is 5.98. The van der Waals surface area contributed by atoms with Crippen LogP contribution in [0.15, 0.2) is 0 Å². The Morgan fingerprint density at radius 1 is 1.62 bits per heavy atom. The van der Waals surface area contributed by atoms with Crippen molar-refractivity contribution in [2.24, 2.45) is 0 Å². The lowest BCUT2D eigenvalue weighted by Crippen LogP contribution is -2.44. The molecule has 3 nitrogen and oxygen atoms in total. The van der Waals surface area contributed by atoms with Crippen LogP contribution in [0, 0.1) is 0 Å². The molecular formula is C5H11N2O. The summed E-state index contributed by atoms with van der Waals surface area (Å²) >= 11 is 0. The maximum absolute atomic E-state index is 8.93. The molecule has 0 spiro atoms. The second kappa shape index (κ2) is 2.44. The van der Waals surface area contributed by atoms with Crippen LogP contribution < -0.4 is 11.1 Å². The van der Waals surface area contributed by atoms with Crippen LogP contribution in [0.2, 0.25) is 0 Å². The fourth-order valence-electron chi connectivity index (χ4n) is 0.842. The summed E-state index contributed by atoms with van der Waals surface area (Å²) in [6.45, 7) is 1.47. The summed E-state index contributed by atoms with van der Waals surface area (Å²) in [4.78, 5) is 0. The van der Waals surface area contributed by atoms with Crippen LogP contribution in [0.3, 0.4) is 0 Å². The zero-order valence-corrected chi connectivity index (χ0v) is 4.72. The van der Waals surface area contributed by atoms with E-state index in [1.54, 1.807) is 0 Å². The van der Waals surface area contributed by atoms with E-state index in [9.17, 15) is 0 Å². The van der Waals surface area contributed by atoms with Gasteiger partial charge >= 0.3 is 0 Å². The van der Waals surface area contributed by atoms with Crippen molar-refractivity contribution in [3.8, 4) is 0 Å². The quantitative estimate of drug-likeness (QED) is 0.425.